The van der Waals surface area contributed by atoms with Crippen LogP contribution in [0.25, 0.3) is 0 Å². The van der Waals surface area contributed by atoms with Gasteiger partial charge in [-0.2, -0.15) is 4.31 Å². The van der Waals surface area contributed by atoms with E-state index in [0.29, 0.717) is 24.4 Å². The lowest BCUT2D eigenvalue weighted by Crippen LogP contribution is -2.49. The molecule has 1 amide bonds. The summed E-state index contributed by atoms with van der Waals surface area (Å²) >= 11 is 0. The molecule has 2 aromatic rings. The van der Waals surface area contributed by atoms with Crippen molar-refractivity contribution in [2.75, 3.05) is 18.1 Å². The zero-order chi connectivity index (χ0) is 20.1. The first-order valence-electron chi connectivity index (χ1n) is 9.08. The molecule has 2 aromatic carbocycles. The Labute approximate surface area is 164 Å². The summed E-state index contributed by atoms with van der Waals surface area (Å²) in [5, 5.41) is 2.79. The van der Waals surface area contributed by atoms with E-state index in [1.54, 1.807) is 36.4 Å². The van der Waals surface area contributed by atoms with Gasteiger partial charge in [-0.05, 0) is 42.7 Å². The number of halogens is 1. The molecule has 6 nitrogen and oxygen atoms in total. The molecule has 0 radical (unpaired) electrons. The standard InChI is InChI=1S/C20H23FN2O4S/c1-28(25,26)23-12-3-2-7-19(23)20(24)22-17-5-4-6-18(13-17)27-14-15-8-10-16(21)11-9-15/h4-6,8-11,13,19H,2-3,7,12,14H2,1H3,(H,22,24)/t19-/m1/s1. The summed E-state index contributed by atoms with van der Waals surface area (Å²) in [6.07, 6.45) is 3.19. The molecule has 1 fully saturated rings. The van der Waals surface area contributed by atoms with Crippen molar-refractivity contribution in [2.45, 2.75) is 31.9 Å². The topological polar surface area (TPSA) is 75.7 Å². The Morgan fingerprint density at radius 1 is 1.21 bits per heavy atom. The van der Waals surface area contributed by atoms with E-state index in [9.17, 15) is 17.6 Å². The Morgan fingerprint density at radius 3 is 2.68 bits per heavy atom. The van der Waals surface area contributed by atoms with Gasteiger partial charge in [0.1, 0.15) is 24.2 Å². The van der Waals surface area contributed by atoms with Crippen LogP contribution in [0.2, 0.25) is 0 Å². The number of anilines is 1. The Balaban J connectivity index is 1.64. The lowest BCUT2D eigenvalue weighted by molar-refractivity contribution is -0.120. The third-order valence-corrected chi connectivity index (χ3v) is 5.89. The zero-order valence-electron chi connectivity index (χ0n) is 15.6. The Kier molecular flexibility index (Phi) is 6.31. The predicted octanol–water partition coefficient (Wildman–Crippen LogP) is 3.16. The van der Waals surface area contributed by atoms with Crippen LogP contribution in [0.3, 0.4) is 0 Å². The van der Waals surface area contributed by atoms with Gasteiger partial charge in [0.05, 0.1) is 6.26 Å². The third kappa shape index (κ3) is 5.30. The number of hydrogen-bond donors (Lipinski definition) is 1. The van der Waals surface area contributed by atoms with Gasteiger partial charge in [0, 0.05) is 18.3 Å². The highest BCUT2D eigenvalue weighted by molar-refractivity contribution is 7.88. The second-order valence-corrected chi connectivity index (χ2v) is 8.75. The van der Waals surface area contributed by atoms with Gasteiger partial charge in [-0.1, -0.05) is 24.6 Å². The quantitative estimate of drug-likeness (QED) is 0.800. The number of rotatable bonds is 6. The van der Waals surface area contributed by atoms with Crippen LogP contribution >= 0.6 is 0 Å². The SMILES string of the molecule is CS(=O)(=O)N1CCCC[C@@H]1C(=O)Nc1cccc(OCc2ccc(F)cc2)c1. The highest BCUT2D eigenvalue weighted by atomic mass is 32.2. The zero-order valence-corrected chi connectivity index (χ0v) is 16.4. The van der Waals surface area contributed by atoms with E-state index in [0.717, 1.165) is 24.7 Å². The summed E-state index contributed by atoms with van der Waals surface area (Å²) in [5.41, 5.74) is 1.35. The van der Waals surface area contributed by atoms with E-state index >= 15 is 0 Å². The Hall–Kier alpha value is -2.45. The fraction of sp³-hybridized carbons (Fsp3) is 0.350. The number of ether oxygens (including phenoxy) is 1. The number of nitrogens with zero attached hydrogens (tertiary/aromatic N) is 1. The predicted molar refractivity (Wildman–Crippen MR) is 105 cm³/mol. The van der Waals surface area contributed by atoms with Gasteiger partial charge in [-0.3, -0.25) is 4.79 Å². The molecule has 1 atom stereocenters. The highest BCUT2D eigenvalue weighted by Crippen LogP contribution is 2.23. The minimum atomic E-state index is -3.44. The van der Waals surface area contributed by atoms with E-state index in [-0.39, 0.29) is 18.3 Å². The minimum Gasteiger partial charge on any atom is -0.489 e. The molecule has 0 unspecified atom stereocenters. The first-order valence-corrected chi connectivity index (χ1v) is 10.9. The summed E-state index contributed by atoms with van der Waals surface area (Å²) in [6, 6.07) is 12.2. The molecule has 3 rings (SSSR count). The molecule has 0 spiro atoms. The molecule has 150 valence electrons. The van der Waals surface area contributed by atoms with Gasteiger partial charge in [-0.25, -0.2) is 12.8 Å². The monoisotopic (exact) mass is 406 g/mol. The molecular formula is C20H23FN2O4S. The van der Waals surface area contributed by atoms with Crippen LogP contribution in [-0.2, 0) is 21.4 Å². The average molecular weight is 406 g/mol. The maximum atomic E-state index is 13.0. The molecular weight excluding hydrogens is 383 g/mol. The van der Waals surface area contributed by atoms with Crippen molar-refractivity contribution in [1.29, 1.82) is 0 Å². The lowest BCUT2D eigenvalue weighted by Gasteiger charge is -2.32. The van der Waals surface area contributed by atoms with Crippen LogP contribution in [0.1, 0.15) is 24.8 Å². The van der Waals surface area contributed by atoms with Gasteiger partial charge in [-0.15, -0.1) is 0 Å². The van der Waals surface area contributed by atoms with E-state index in [1.807, 2.05) is 0 Å². The van der Waals surface area contributed by atoms with Crippen LogP contribution < -0.4 is 10.1 Å². The number of piperidine rings is 1. The molecule has 0 aromatic heterocycles. The van der Waals surface area contributed by atoms with E-state index in [2.05, 4.69) is 5.32 Å². The molecule has 1 N–H and O–H groups in total. The molecule has 8 heteroatoms. The van der Waals surface area contributed by atoms with E-state index in [1.165, 1.54) is 16.4 Å². The maximum absolute atomic E-state index is 13.0. The van der Waals surface area contributed by atoms with Crippen molar-refractivity contribution in [3.8, 4) is 5.75 Å². The van der Waals surface area contributed by atoms with Crippen molar-refractivity contribution in [1.82, 2.24) is 4.31 Å². The average Bonchev–Trinajstić information content (AvgIpc) is 2.67. The minimum absolute atomic E-state index is 0.266. The van der Waals surface area contributed by atoms with Gasteiger partial charge < -0.3 is 10.1 Å². The number of sulfonamides is 1. The fourth-order valence-corrected chi connectivity index (χ4v) is 4.32. The van der Waals surface area contributed by atoms with Crippen molar-refractivity contribution in [3.05, 3.63) is 59.9 Å². The summed E-state index contributed by atoms with van der Waals surface area (Å²) < 4.78 is 43.8. The number of hydrogen-bond acceptors (Lipinski definition) is 4. The highest BCUT2D eigenvalue weighted by Gasteiger charge is 2.34. The lowest BCUT2D eigenvalue weighted by atomic mass is 10.0. The van der Waals surface area contributed by atoms with Gasteiger partial charge in [0.25, 0.3) is 0 Å². The first-order chi connectivity index (χ1) is 13.3. The van der Waals surface area contributed by atoms with Crippen molar-refractivity contribution < 1.29 is 22.3 Å². The largest absolute Gasteiger partial charge is 0.489 e. The summed E-state index contributed by atoms with van der Waals surface area (Å²) in [7, 11) is -3.44. The summed E-state index contributed by atoms with van der Waals surface area (Å²) in [4.78, 5) is 12.7. The molecule has 1 aliphatic rings. The maximum Gasteiger partial charge on any atom is 0.242 e. The summed E-state index contributed by atoms with van der Waals surface area (Å²) in [5.74, 6) is -0.106. The van der Waals surface area contributed by atoms with Crippen molar-refractivity contribution in [3.63, 3.8) is 0 Å². The number of benzene rings is 2. The molecule has 0 aliphatic carbocycles. The van der Waals surface area contributed by atoms with Crippen LogP contribution in [0.15, 0.2) is 48.5 Å². The number of carbonyl (C=O) groups is 1. The first kappa shape index (κ1) is 20.3. The molecule has 28 heavy (non-hydrogen) atoms. The molecule has 1 aliphatic heterocycles. The number of carbonyl (C=O) groups excluding carboxylic acids is 1. The Bertz CT molecular complexity index is 931. The number of amides is 1. The van der Waals surface area contributed by atoms with Crippen LogP contribution in [0.5, 0.6) is 5.75 Å². The van der Waals surface area contributed by atoms with Crippen LogP contribution in [0, 0.1) is 5.82 Å². The molecule has 0 saturated carbocycles. The fourth-order valence-electron chi connectivity index (χ4n) is 3.20. The summed E-state index contributed by atoms with van der Waals surface area (Å²) in [6.45, 7) is 0.625. The van der Waals surface area contributed by atoms with Crippen molar-refractivity contribution in [2.24, 2.45) is 0 Å². The third-order valence-electron chi connectivity index (χ3n) is 4.60. The number of nitrogens with one attached hydrogen (secondary N) is 1. The Morgan fingerprint density at radius 2 is 1.96 bits per heavy atom. The second kappa shape index (κ2) is 8.70. The van der Waals surface area contributed by atoms with E-state index in [4.69, 9.17) is 4.74 Å². The van der Waals surface area contributed by atoms with Crippen LogP contribution in [0.4, 0.5) is 10.1 Å². The molecule has 0 bridgehead atoms. The molecule has 1 heterocycles. The van der Waals surface area contributed by atoms with Gasteiger partial charge in [0.15, 0.2) is 0 Å². The molecule has 1 saturated heterocycles. The normalized spacial score (nSPS) is 17.9. The van der Waals surface area contributed by atoms with Gasteiger partial charge in [0.2, 0.25) is 15.9 Å². The van der Waals surface area contributed by atoms with Crippen LogP contribution in [-0.4, -0.2) is 37.5 Å². The smallest absolute Gasteiger partial charge is 0.242 e. The second-order valence-electron chi connectivity index (χ2n) is 6.82. The van der Waals surface area contributed by atoms with E-state index < -0.39 is 16.1 Å². The van der Waals surface area contributed by atoms with Gasteiger partial charge >= 0.3 is 0 Å². The van der Waals surface area contributed by atoms with Crippen molar-refractivity contribution >= 4 is 21.6 Å².